The Labute approximate surface area is 241 Å². The highest BCUT2D eigenvalue weighted by Gasteiger charge is 2.15. The quantitative estimate of drug-likeness (QED) is 0.123. The Bertz CT molecular complexity index is 1890. The van der Waals surface area contributed by atoms with Gasteiger partial charge in [-0.3, -0.25) is 0 Å². The van der Waals surface area contributed by atoms with Crippen molar-refractivity contribution in [3.05, 3.63) is 193 Å². The molecular formula is C41H30. The highest BCUT2D eigenvalue weighted by molar-refractivity contribution is 6.15. The molecule has 0 aliphatic heterocycles. The van der Waals surface area contributed by atoms with E-state index in [4.69, 9.17) is 0 Å². The third-order valence-electron chi connectivity index (χ3n) is 7.97. The van der Waals surface area contributed by atoms with Crippen molar-refractivity contribution in [2.75, 3.05) is 0 Å². The highest BCUT2D eigenvalue weighted by atomic mass is 14.2. The van der Waals surface area contributed by atoms with Crippen LogP contribution in [0, 0.1) is 0 Å². The molecule has 0 heteroatoms. The Kier molecular flexibility index (Phi) is 6.73. The molecule has 0 aliphatic rings. The molecule has 0 aliphatic carbocycles. The Morgan fingerprint density at radius 1 is 0.244 bits per heavy atom. The van der Waals surface area contributed by atoms with E-state index in [1.807, 2.05) is 0 Å². The molecule has 0 radical (unpaired) electrons. The summed E-state index contributed by atoms with van der Waals surface area (Å²) >= 11 is 0. The van der Waals surface area contributed by atoms with E-state index >= 15 is 0 Å². The molecule has 8 aromatic rings. The summed E-state index contributed by atoms with van der Waals surface area (Å²) in [6, 6.07) is 62.9. The lowest BCUT2D eigenvalue weighted by Crippen LogP contribution is -2.02. The van der Waals surface area contributed by atoms with Crippen LogP contribution in [0.3, 0.4) is 0 Å². The second kappa shape index (κ2) is 11.1. The van der Waals surface area contributed by atoms with Crippen LogP contribution >= 0.6 is 0 Å². The molecule has 0 unspecified atom stereocenters. The number of rotatable bonds is 3. The molecule has 0 saturated carbocycles. The maximum absolute atomic E-state index is 2.32. The molecule has 41 heavy (non-hydrogen) atoms. The van der Waals surface area contributed by atoms with Gasteiger partial charge in [-0.15, -0.1) is 0 Å². The Hall–Kier alpha value is -5.20. The maximum atomic E-state index is 2.32. The van der Waals surface area contributed by atoms with Gasteiger partial charge in [0.2, 0.25) is 0 Å². The van der Waals surface area contributed by atoms with Crippen LogP contribution in [-0.4, -0.2) is 0 Å². The molecule has 8 rings (SSSR count). The van der Waals surface area contributed by atoms with Crippen LogP contribution in [0.25, 0.3) is 43.1 Å². The van der Waals surface area contributed by atoms with Crippen LogP contribution in [0.5, 0.6) is 0 Å². The third-order valence-corrected chi connectivity index (χ3v) is 7.97. The summed E-state index contributed by atoms with van der Waals surface area (Å²) in [5, 5.41) is 10.5. The highest BCUT2D eigenvalue weighted by Crippen LogP contribution is 2.33. The van der Waals surface area contributed by atoms with E-state index in [1.54, 1.807) is 0 Å². The van der Waals surface area contributed by atoms with E-state index in [0.717, 1.165) is 0 Å². The monoisotopic (exact) mass is 522 g/mol. The summed E-state index contributed by atoms with van der Waals surface area (Å²) in [6.45, 7) is 0. The van der Waals surface area contributed by atoms with E-state index in [9.17, 15) is 0 Å². The molecular weight excluding hydrogens is 492 g/mol. The second-order valence-corrected chi connectivity index (χ2v) is 10.6. The zero-order valence-electron chi connectivity index (χ0n) is 22.8. The predicted octanol–water partition coefficient (Wildman–Crippen LogP) is 11.2. The lowest BCUT2D eigenvalue weighted by atomic mass is 9.85. The normalized spacial score (nSPS) is 11.1. The van der Waals surface area contributed by atoms with Gasteiger partial charge in [-0.2, -0.15) is 0 Å². The molecule has 0 saturated heterocycles. The van der Waals surface area contributed by atoms with E-state index in [-0.39, 0.29) is 0 Å². The second-order valence-electron chi connectivity index (χ2n) is 10.6. The number of fused-ring (bicyclic) bond motifs is 5. The van der Waals surface area contributed by atoms with Gasteiger partial charge in [0.15, 0.2) is 0 Å². The number of benzene rings is 8. The van der Waals surface area contributed by atoms with Gasteiger partial charge < -0.3 is 0 Å². The molecule has 0 bridgehead atoms. The first-order valence-corrected chi connectivity index (χ1v) is 14.2. The molecule has 0 heterocycles. The summed E-state index contributed by atoms with van der Waals surface area (Å²) in [4.78, 5) is 0. The zero-order chi connectivity index (χ0) is 27.4. The summed E-state index contributed by atoms with van der Waals surface area (Å²) in [5.74, 6) is 0.309. The SMILES string of the molecule is c1ccc(C(c2ccccc2)c2ccccc2)cc1.c1ccc2cc3c(ccc4cc5ccccc5cc43)cc2c1. The molecule has 0 N–H and O–H groups in total. The average molecular weight is 523 g/mol. The smallest absolute Gasteiger partial charge is 0.0339 e. The van der Waals surface area contributed by atoms with Crippen molar-refractivity contribution in [2.45, 2.75) is 5.92 Å². The van der Waals surface area contributed by atoms with Gasteiger partial charge in [-0.05, 0) is 84.0 Å². The van der Waals surface area contributed by atoms with Crippen molar-refractivity contribution in [2.24, 2.45) is 0 Å². The van der Waals surface area contributed by atoms with Gasteiger partial charge in [0.05, 0.1) is 0 Å². The van der Waals surface area contributed by atoms with Crippen LogP contribution in [-0.2, 0) is 0 Å². The minimum Gasteiger partial charge on any atom is -0.0622 e. The first kappa shape index (κ1) is 24.8. The van der Waals surface area contributed by atoms with E-state index in [1.165, 1.54) is 59.8 Å². The fourth-order valence-corrected chi connectivity index (χ4v) is 5.95. The van der Waals surface area contributed by atoms with E-state index < -0.39 is 0 Å². The molecule has 0 atom stereocenters. The summed E-state index contributed by atoms with van der Waals surface area (Å²) in [7, 11) is 0. The summed E-state index contributed by atoms with van der Waals surface area (Å²) in [6.07, 6.45) is 0. The van der Waals surface area contributed by atoms with Gasteiger partial charge in [-0.1, -0.05) is 152 Å². The Morgan fingerprint density at radius 2 is 0.537 bits per heavy atom. The lowest BCUT2D eigenvalue weighted by Gasteiger charge is -2.18. The van der Waals surface area contributed by atoms with Crippen LogP contribution < -0.4 is 0 Å². The zero-order valence-corrected chi connectivity index (χ0v) is 22.8. The van der Waals surface area contributed by atoms with Crippen molar-refractivity contribution in [3.63, 3.8) is 0 Å². The minimum absolute atomic E-state index is 0.309. The van der Waals surface area contributed by atoms with E-state index in [2.05, 4.69) is 176 Å². The van der Waals surface area contributed by atoms with Crippen LogP contribution in [0.15, 0.2) is 176 Å². The lowest BCUT2D eigenvalue weighted by molar-refractivity contribution is 0.977. The Morgan fingerprint density at radius 3 is 0.878 bits per heavy atom. The van der Waals surface area contributed by atoms with Crippen molar-refractivity contribution in [1.82, 2.24) is 0 Å². The fourth-order valence-electron chi connectivity index (χ4n) is 5.95. The van der Waals surface area contributed by atoms with Crippen molar-refractivity contribution >= 4 is 43.1 Å². The van der Waals surface area contributed by atoms with Crippen molar-refractivity contribution < 1.29 is 0 Å². The summed E-state index contributed by atoms with van der Waals surface area (Å²) in [5.41, 5.74) is 4.00. The first-order valence-electron chi connectivity index (χ1n) is 14.2. The molecule has 194 valence electrons. The van der Waals surface area contributed by atoms with Gasteiger partial charge in [0.1, 0.15) is 0 Å². The molecule has 0 spiro atoms. The third kappa shape index (κ3) is 5.09. The molecule has 0 nitrogen and oxygen atoms in total. The van der Waals surface area contributed by atoms with Gasteiger partial charge >= 0.3 is 0 Å². The maximum Gasteiger partial charge on any atom is 0.0339 e. The largest absolute Gasteiger partial charge is 0.0622 e. The van der Waals surface area contributed by atoms with Gasteiger partial charge in [0.25, 0.3) is 0 Å². The van der Waals surface area contributed by atoms with Crippen LogP contribution in [0.1, 0.15) is 22.6 Å². The fraction of sp³-hybridized carbons (Fsp3) is 0.0244. The topological polar surface area (TPSA) is 0 Å². The van der Waals surface area contributed by atoms with Crippen LogP contribution in [0.2, 0.25) is 0 Å². The molecule has 0 aromatic heterocycles. The first-order chi connectivity index (χ1) is 20.3. The molecule has 8 aromatic carbocycles. The van der Waals surface area contributed by atoms with Crippen LogP contribution in [0.4, 0.5) is 0 Å². The minimum atomic E-state index is 0.309. The number of hydrogen-bond donors (Lipinski definition) is 0. The standard InChI is InChI=1S/C22H14.C19H16/c1-3-7-17-13-21-19(11-15(17)5-1)9-10-20-12-16-6-2-4-8-18(16)14-22(20)21;1-4-10-16(11-5-1)19(17-12-6-2-7-13-17)18-14-8-3-9-15-18/h1-14H;1-15,19H. The van der Waals surface area contributed by atoms with E-state index in [0.29, 0.717) is 5.92 Å². The molecule has 0 amide bonds. The van der Waals surface area contributed by atoms with Gasteiger partial charge in [-0.25, -0.2) is 0 Å². The predicted molar refractivity (Wildman–Crippen MR) is 177 cm³/mol. The van der Waals surface area contributed by atoms with Gasteiger partial charge in [0, 0.05) is 5.92 Å². The van der Waals surface area contributed by atoms with Crippen molar-refractivity contribution in [1.29, 1.82) is 0 Å². The van der Waals surface area contributed by atoms with Crippen molar-refractivity contribution in [3.8, 4) is 0 Å². The number of hydrogen-bond acceptors (Lipinski definition) is 0. The average Bonchev–Trinajstić information content (AvgIpc) is 3.05. The summed E-state index contributed by atoms with van der Waals surface area (Å²) < 4.78 is 0. The molecule has 0 fully saturated rings. The Balaban J connectivity index is 0.000000136.